The third-order valence-corrected chi connectivity index (χ3v) is 4.52. The zero-order chi connectivity index (χ0) is 15.3. The molecule has 0 fully saturated rings. The summed E-state index contributed by atoms with van der Waals surface area (Å²) >= 11 is 1.50. The molecule has 7 nitrogen and oxygen atoms in total. The second-order valence-corrected chi connectivity index (χ2v) is 5.97. The maximum Gasteiger partial charge on any atom is 0.235 e. The van der Waals surface area contributed by atoms with Gasteiger partial charge in [-0.15, -0.1) is 10.2 Å². The average molecular weight is 311 g/mol. The lowest BCUT2D eigenvalue weighted by atomic mass is 10.2. The normalized spacial score (nSPS) is 11.4. The summed E-state index contributed by atoms with van der Waals surface area (Å²) < 4.78 is 3.61. The molecule has 0 radical (unpaired) electrons. The molecule has 0 aromatic carbocycles. The number of aromatic nitrogens is 7. The van der Waals surface area contributed by atoms with Crippen molar-refractivity contribution >= 4 is 16.3 Å². The third-order valence-electron chi connectivity index (χ3n) is 3.61. The standard InChI is InChI=1S/C14H13N7S/c1-8-11(9(2)20(3)18-8)13-19-21-12(16-17-14(21)22-13)10-6-4-5-7-15-10/h4-7H,1-3H3. The molecule has 110 valence electrons. The lowest BCUT2D eigenvalue weighted by molar-refractivity contribution is 0.731. The van der Waals surface area contributed by atoms with Gasteiger partial charge in [0.2, 0.25) is 10.8 Å². The van der Waals surface area contributed by atoms with Crippen molar-refractivity contribution in [2.45, 2.75) is 13.8 Å². The van der Waals surface area contributed by atoms with Crippen LogP contribution in [0.5, 0.6) is 0 Å². The average Bonchev–Trinajstić information content (AvgIpc) is 3.14. The summed E-state index contributed by atoms with van der Waals surface area (Å²) in [7, 11) is 1.94. The minimum Gasteiger partial charge on any atom is -0.272 e. The van der Waals surface area contributed by atoms with E-state index in [2.05, 4.69) is 25.4 Å². The molecule has 0 spiro atoms. The van der Waals surface area contributed by atoms with Crippen molar-refractivity contribution in [3.8, 4) is 22.1 Å². The monoisotopic (exact) mass is 311 g/mol. The Balaban J connectivity index is 1.91. The predicted octanol–water partition coefficient (Wildman–Crippen LogP) is 2.27. The van der Waals surface area contributed by atoms with Gasteiger partial charge in [-0.2, -0.15) is 14.7 Å². The zero-order valence-electron chi connectivity index (χ0n) is 12.3. The van der Waals surface area contributed by atoms with E-state index in [0.717, 1.165) is 32.6 Å². The van der Waals surface area contributed by atoms with Gasteiger partial charge in [-0.25, -0.2) is 0 Å². The van der Waals surface area contributed by atoms with E-state index >= 15 is 0 Å². The van der Waals surface area contributed by atoms with Crippen molar-refractivity contribution in [1.82, 2.24) is 34.6 Å². The van der Waals surface area contributed by atoms with Gasteiger partial charge < -0.3 is 0 Å². The minimum absolute atomic E-state index is 0.650. The summed E-state index contributed by atoms with van der Waals surface area (Å²) in [5.41, 5.74) is 3.86. The Morgan fingerprint density at radius 2 is 1.95 bits per heavy atom. The van der Waals surface area contributed by atoms with Crippen molar-refractivity contribution in [2.24, 2.45) is 7.05 Å². The van der Waals surface area contributed by atoms with Crippen LogP contribution in [0.4, 0.5) is 0 Å². The van der Waals surface area contributed by atoms with E-state index in [9.17, 15) is 0 Å². The summed E-state index contributed by atoms with van der Waals surface area (Å²) in [6, 6.07) is 5.69. The van der Waals surface area contributed by atoms with E-state index in [1.165, 1.54) is 11.3 Å². The van der Waals surface area contributed by atoms with Crippen LogP contribution < -0.4 is 0 Å². The van der Waals surface area contributed by atoms with Gasteiger partial charge in [0.25, 0.3) is 0 Å². The van der Waals surface area contributed by atoms with Crippen molar-refractivity contribution in [2.75, 3.05) is 0 Å². The zero-order valence-corrected chi connectivity index (χ0v) is 13.2. The maximum absolute atomic E-state index is 4.67. The molecule has 0 saturated heterocycles. The minimum atomic E-state index is 0.650. The Labute approximate surface area is 130 Å². The number of hydrogen-bond donors (Lipinski definition) is 0. The molecule has 0 unspecified atom stereocenters. The summed E-state index contributed by atoms with van der Waals surface area (Å²) in [4.78, 5) is 5.07. The van der Waals surface area contributed by atoms with Crippen molar-refractivity contribution in [3.63, 3.8) is 0 Å². The Morgan fingerprint density at radius 3 is 2.64 bits per heavy atom. The highest BCUT2D eigenvalue weighted by atomic mass is 32.1. The van der Waals surface area contributed by atoms with Crippen LogP contribution in [0.1, 0.15) is 11.4 Å². The molecule has 0 saturated carbocycles. The third kappa shape index (κ3) is 1.84. The highest BCUT2D eigenvalue weighted by Crippen LogP contribution is 2.31. The Bertz CT molecular complexity index is 964. The number of rotatable bonds is 2. The molecule has 0 atom stereocenters. The van der Waals surface area contributed by atoms with Crippen LogP contribution in [0, 0.1) is 13.8 Å². The molecule has 0 aliphatic heterocycles. The molecule has 0 aliphatic carbocycles. The maximum atomic E-state index is 4.67. The largest absolute Gasteiger partial charge is 0.272 e. The fourth-order valence-corrected chi connectivity index (χ4v) is 3.44. The SMILES string of the molecule is Cc1nn(C)c(C)c1-c1nn2c(-c3ccccn3)nnc2s1. The van der Waals surface area contributed by atoms with Crippen LogP contribution in [0.3, 0.4) is 0 Å². The van der Waals surface area contributed by atoms with Crippen LogP contribution in [0.2, 0.25) is 0 Å². The smallest absolute Gasteiger partial charge is 0.235 e. The van der Waals surface area contributed by atoms with E-state index in [0.29, 0.717) is 5.82 Å². The molecule has 0 amide bonds. The first-order valence-electron chi connectivity index (χ1n) is 6.79. The molecule has 0 bridgehead atoms. The quantitative estimate of drug-likeness (QED) is 0.568. The Kier molecular flexibility index (Phi) is 2.80. The van der Waals surface area contributed by atoms with Crippen molar-refractivity contribution < 1.29 is 0 Å². The van der Waals surface area contributed by atoms with E-state index in [4.69, 9.17) is 0 Å². The van der Waals surface area contributed by atoms with Crippen LogP contribution >= 0.6 is 11.3 Å². The van der Waals surface area contributed by atoms with Gasteiger partial charge in [0.05, 0.1) is 11.3 Å². The molecule has 4 heterocycles. The number of pyridine rings is 1. The Hall–Kier alpha value is -2.61. The summed E-state index contributed by atoms with van der Waals surface area (Å²) in [6.07, 6.45) is 1.74. The number of aryl methyl sites for hydroxylation is 2. The molecule has 4 aromatic heterocycles. The van der Waals surface area contributed by atoms with Gasteiger partial charge in [0.1, 0.15) is 5.69 Å². The first kappa shape index (κ1) is 13.1. The summed E-state index contributed by atoms with van der Waals surface area (Å²) in [5.74, 6) is 0.650. The lowest BCUT2D eigenvalue weighted by Gasteiger charge is -1.97. The molecule has 8 heteroatoms. The van der Waals surface area contributed by atoms with Gasteiger partial charge in [-0.05, 0) is 26.0 Å². The lowest BCUT2D eigenvalue weighted by Crippen LogP contribution is -1.94. The van der Waals surface area contributed by atoms with Crippen LogP contribution in [-0.2, 0) is 7.05 Å². The Morgan fingerprint density at radius 1 is 1.09 bits per heavy atom. The second kappa shape index (κ2) is 4.70. The number of fused-ring (bicyclic) bond motifs is 1. The van der Waals surface area contributed by atoms with Crippen LogP contribution in [-0.4, -0.2) is 34.6 Å². The molecular formula is C14H13N7S. The van der Waals surface area contributed by atoms with E-state index < -0.39 is 0 Å². The van der Waals surface area contributed by atoms with E-state index in [1.54, 1.807) is 10.7 Å². The highest BCUT2D eigenvalue weighted by Gasteiger charge is 2.19. The summed E-state index contributed by atoms with van der Waals surface area (Å²) in [6.45, 7) is 4.03. The highest BCUT2D eigenvalue weighted by molar-refractivity contribution is 7.19. The molecule has 0 N–H and O–H groups in total. The molecule has 22 heavy (non-hydrogen) atoms. The second-order valence-electron chi connectivity index (χ2n) is 5.01. The van der Waals surface area contributed by atoms with Crippen molar-refractivity contribution in [3.05, 3.63) is 35.8 Å². The van der Waals surface area contributed by atoms with Gasteiger partial charge in [0, 0.05) is 18.9 Å². The van der Waals surface area contributed by atoms with E-state index in [1.807, 2.05) is 43.8 Å². The fraction of sp³-hybridized carbons (Fsp3) is 0.214. The van der Waals surface area contributed by atoms with Gasteiger partial charge in [0.15, 0.2) is 5.01 Å². The molecule has 0 aliphatic rings. The fourth-order valence-electron chi connectivity index (χ4n) is 2.46. The van der Waals surface area contributed by atoms with Gasteiger partial charge in [-0.3, -0.25) is 9.67 Å². The molecular weight excluding hydrogens is 298 g/mol. The predicted molar refractivity (Wildman–Crippen MR) is 83.6 cm³/mol. The van der Waals surface area contributed by atoms with Crippen LogP contribution in [0.15, 0.2) is 24.4 Å². The van der Waals surface area contributed by atoms with Crippen LogP contribution in [0.25, 0.3) is 27.1 Å². The van der Waals surface area contributed by atoms with Gasteiger partial charge >= 0.3 is 0 Å². The first-order chi connectivity index (χ1) is 10.6. The van der Waals surface area contributed by atoms with E-state index in [-0.39, 0.29) is 0 Å². The summed E-state index contributed by atoms with van der Waals surface area (Å²) in [5, 5.41) is 18.4. The van der Waals surface area contributed by atoms with Gasteiger partial charge in [-0.1, -0.05) is 17.4 Å². The van der Waals surface area contributed by atoms with Crippen molar-refractivity contribution in [1.29, 1.82) is 0 Å². The first-order valence-corrected chi connectivity index (χ1v) is 7.61. The topological polar surface area (TPSA) is 73.8 Å². The number of hydrogen-bond acceptors (Lipinski definition) is 6. The molecule has 4 aromatic rings. The molecule has 4 rings (SSSR count). The number of nitrogens with zero attached hydrogens (tertiary/aromatic N) is 7.